The van der Waals surface area contributed by atoms with Crippen LogP contribution in [-0.4, -0.2) is 60.5 Å². The topological polar surface area (TPSA) is 168 Å². The number of carbonyl (C=O) groups is 2. The molecule has 11 nitrogen and oxygen atoms in total. The number of aryl methyl sites for hydroxylation is 2. The van der Waals surface area contributed by atoms with Crippen molar-refractivity contribution in [1.82, 2.24) is 0 Å². The van der Waals surface area contributed by atoms with Gasteiger partial charge in [-0.1, -0.05) is 108 Å². The summed E-state index contributed by atoms with van der Waals surface area (Å²) in [6.07, 6.45) is 29.1. The lowest BCUT2D eigenvalue weighted by molar-refractivity contribution is -0.161. The van der Waals surface area contributed by atoms with Crippen molar-refractivity contribution in [3.05, 3.63) is 59.1 Å². The number of hydrogen-bond donors (Lipinski definition) is 3. The van der Waals surface area contributed by atoms with E-state index in [1.54, 1.807) is 6.08 Å². The highest BCUT2D eigenvalue weighted by molar-refractivity contribution is 7.47. The molecule has 0 spiro atoms. The van der Waals surface area contributed by atoms with E-state index in [0.717, 1.165) is 95.0 Å². The van der Waals surface area contributed by atoms with Crippen LogP contribution in [0.5, 0.6) is 0 Å². The zero-order valence-electron chi connectivity index (χ0n) is 34.5. The van der Waals surface area contributed by atoms with Crippen molar-refractivity contribution in [1.29, 1.82) is 0 Å². The molecule has 1 heterocycles. The molecule has 0 radical (unpaired) electrons. The fourth-order valence-electron chi connectivity index (χ4n) is 5.91. The number of nitrogens with two attached hydrogens (primary N) is 1. The highest BCUT2D eigenvalue weighted by atomic mass is 31.2. The second-order valence-corrected chi connectivity index (χ2v) is 15.7. The first-order valence-corrected chi connectivity index (χ1v) is 22.4. The van der Waals surface area contributed by atoms with Crippen LogP contribution in [0.25, 0.3) is 0 Å². The first-order valence-electron chi connectivity index (χ1n) is 20.9. The highest BCUT2D eigenvalue weighted by Gasteiger charge is 2.26. The summed E-state index contributed by atoms with van der Waals surface area (Å²) in [7, 11) is -4.41. The van der Waals surface area contributed by atoms with E-state index in [-0.39, 0.29) is 32.6 Å². The molecule has 2 unspecified atom stereocenters. The van der Waals surface area contributed by atoms with Crippen LogP contribution in [0, 0.1) is 13.8 Å². The standard InChI is InChI=1S/C43H74NO10P/c1-5-7-20-26-38(45)27-22-16-12-10-9-11-13-19-25-31-43(47)53-39(35-52-55(48,49)51-33-32-44)34-50-42(46)30-24-18-15-14-17-23-29-41-37(4)36(3)40(54-41)28-21-8-6-2/h7,12,16,20,22,27,38-39,45H,5-6,8-11,13-15,17-19,21,23-26,28-35,44H2,1-4H3,(H,48,49)/b16-12+,20-7+,27-22+/t38?,39-/m1/s1. The Hall–Kier alpha value is -2.53. The van der Waals surface area contributed by atoms with Gasteiger partial charge in [-0.2, -0.15) is 0 Å². The van der Waals surface area contributed by atoms with Crippen molar-refractivity contribution in [3.63, 3.8) is 0 Å². The van der Waals surface area contributed by atoms with E-state index in [1.807, 2.05) is 24.3 Å². The van der Waals surface area contributed by atoms with Crippen molar-refractivity contribution >= 4 is 19.8 Å². The lowest BCUT2D eigenvalue weighted by Crippen LogP contribution is -2.29. The monoisotopic (exact) mass is 796 g/mol. The average molecular weight is 796 g/mol. The predicted octanol–water partition coefficient (Wildman–Crippen LogP) is 10.0. The first-order chi connectivity index (χ1) is 26.5. The second kappa shape index (κ2) is 32.5. The zero-order valence-corrected chi connectivity index (χ0v) is 35.4. The van der Waals surface area contributed by atoms with Crippen LogP contribution in [0.1, 0.15) is 158 Å². The van der Waals surface area contributed by atoms with Gasteiger partial charge in [0.25, 0.3) is 0 Å². The Kier molecular flexibility index (Phi) is 29.9. The third-order valence-corrected chi connectivity index (χ3v) is 10.3. The van der Waals surface area contributed by atoms with E-state index in [0.29, 0.717) is 19.3 Å². The van der Waals surface area contributed by atoms with Crippen molar-refractivity contribution < 1.29 is 47.1 Å². The van der Waals surface area contributed by atoms with Gasteiger partial charge in [-0.3, -0.25) is 18.6 Å². The van der Waals surface area contributed by atoms with Gasteiger partial charge in [-0.15, -0.1) is 0 Å². The van der Waals surface area contributed by atoms with Gasteiger partial charge >= 0.3 is 19.8 Å². The van der Waals surface area contributed by atoms with Crippen LogP contribution in [-0.2, 0) is 45.5 Å². The van der Waals surface area contributed by atoms with Crippen LogP contribution in [0.2, 0.25) is 0 Å². The van der Waals surface area contributed by atoms with E-state index in [2.05, 4.69) is 33.8 Å². The van der Waals surface area contributed by atoms with Gasteiger partial charge in [0.1, 0.15) is 18.1 Å². The number of ether oxygens (including phenoxy) is 2. The zero-order chi connectivity index (χ0) is 40.6. The van der Waals surface area contributed by atoms with Crippen molar-refractivity contribution in [3.8, 4) is 0 Å². The number of aliphatic hydroxyl groups is 1. The predicted molar refractivity (Wildman–Crippen MR) is 220 cm³/mol. The van der Waals surface area contributed by atoms with Gasteiger partial charge in [-0.05, 0) is 76.3 Å². The smallest absolute Gasteiger partial charge is 0.466 e. The lowest BCUT2D eigenvalue weighted by Gasteiger charge is -2.19. The van der Waals surface area contributed by atoms with E-state index in [1.165, 1.54) is 30.4 Å². The summed E-state index contributed by atoms with van der Waals surface area (Å²) in [6.45, 7) is 7.70. The van der Waals surface area contributed by atoms with E-state index in [4.69, 9.17) is 28.7 Å². The first kappa shape index (κ1) is 50.5. The third-order valence-electron chi connectivity index (χ3n) is 9.32. The largest absolute Gasteiger partial charge is 0.472 e. The molecule has 0 saturated carbocycles. The summed E-state index contributed by atoms with van der Waals surface area (Å²) in [4.78, 5) is 35.0. The number of allylic oxidation sites excluding steroid dienone is 4. The normalized spacial score (nSPS) is 14.2. The van der Waals surface area contributed by atoms with E-state index >= 15 is 0 Å². The molecule has 0 aliphatic carbocycles. The molecule has 0 aliphatic heterocycles. The summed E-state index contributed by atoms with van der Waals surface area (Å²) in [5, 5.41) is 9.87. The molecular weight excluding hydrogens is 721 g/mol. The molecule has 0 aliphatic rings. The summed E-state index contributed by atoms with van der Waals surface area (Å²) < 4.78 is 39.0. The Morgan fingerprint density at radius 1 is 0.764 bits per heavy atom. The minimum Gasteiger partial charge on any atom is -0.466 e. The number of phosphoric acid groups is 1. The molecular formula is C43H74NO10P. The van der Waals surface area contributed by atoms with Crippen LogP contribution < -0.4 is 5.73 Å². The summed E-state index contributed by atoms with van der Waals surface area (Å²) in [6, 6.07) is 0. The maximum atomic E-state index is 12.6. The van der Waals surface area contributed by atoms with Crippen LogP contribution >= 0.6 is 7.82 Å². The van der Waals surface area contributed by atoms with E-state index < -0.39 is 38.6 Å². The van der Waals surface area contributed by atoms with Crippen LogP contribution in [0.15, 0.2) is 40.9 Å². The fraction of sp³-hybridized carbons (Fsp3) is 0.721. The number of unbranched alkanes of at least 4 members (excludes halogenated alkanes) is 12. The number of furan rings is 1. The highest BCUT2D eigenvalue weighted by Crippen LogP contribution is 2.43. The molecule has 0 saturated heterocycles. The molecule has 0 amide bonds. The third kappa shape index (κ3) is 26.9. The molecule has 0 bridgehead atoms. The Morgan fingerprint density at radius 3 is 2.00 bits per heavy atom. The summed E-state index contributed by atoms with van der Waals surface area (Å²) in [5.74, 6) is 1.35. The molecule has 55 heavy (non-hydrogen) atoms. The Morgan fingerprint density at radius 2 is 1.36 bits per heavy atom. The van der Waals surface area contributed by atoms with E-state index in [9.17, 15) is 24.2 Å². The molecule has 3 atom stereocenters. The lowest BCUT2D eigenvalue weighted by atomic mass is 10.0. The quantitative estimate of drug-likeness (QED) is 0.0197. The van der Waals surface area contributed by atoms with Crippen molar-refractivity contribution in [2.24, 2.45) is 5.73 Å². The number of carbonyl (C=O) groups excluding carboxylic acids is 2. The van der Waals surface area contributed by atoms with Gasteiger partial charge < -0.3 is 29.6 Å². The number of hydrogen-bond acceptors (Lipinski definition) is 10. The Bertz CT molecular complexity index is 1290. The average Bonchev–Trinajstić information content (AvgIpc) is 3.43. The molecule has 1 aromatic heterocycles. The Balaban J connectivity index is 2.33. The molecule has 4 N–H and O–H groups in total. The van der Waals surface area contributed by atoms with Crippen molar-refractivity contribution in [2.45, 2.75) is 175 Å². The summed E-state index contributed by atoms with van der Waals surface area (Å²) in [5.41, 5.74) is 7.94. The van der Waals surface area contributed by atoms with Gasteiger partial charge in [0.2, 0.25) is 0 Å². The number of phosphoric ester groups is 1. The second-order valence-electron chi connectivity index (χ2n) is 14.3. The maximum absolute atomic E-state index is 12.6. The fourth-order valence-corrected chi connectivity index (χ4v) is 6.67. The molecule has 1 aromatic rings. The van der Waals surface area contributed by atoms with Crippen LogP contribution in [0.4, 0.5) is 0 Å². The molecule has 12 heteroatoms. The van der Waals surface area contributed by atoms with Crippen LogP contribution in [0.3, 0.4) is 0 Å². The maximum Gasteiger partial charge on any atom is 0.472 e. The number of esters is 2. The SMILES string of the molecule is CC/C=C/CC(O)/C=C/C=C/CCCCCCCC(=O)O[C@H](COC(=O)CCCCCCCCc1oc(CCCCC)c(C)c1C)COP(=O)(O)OCCN. The minimum atomic E-state index is -4.41. The minimum absolute atomic E-state index is 0.0325. The number of rotatable bonds is 35. The van der Waals surface area contributed by atoms with Gasteiger partial charge in [-0.25, -0.2) is 4.57 Å². The van der Waals surface area contributed by atoms with Crippen molar-refractivity contribution in [2.75, 3.05) is 26.4 Å². The molecule has 0 fully saturated rings. The van der Waals surface area contributed by atoms with Gasteiger partial charge in [0.15, 0.2) is 6.10 Å². The molecule has 316 valence electrons. The summed E-state index contributed by atoms with van der Waals surface area (Å²) >= 11 is 0. The molecule has 0 aromatic carbocycles. The van der Waals surface area contributed by atoms with Gasteiger partial charge in [0, 0.05) is 32.2 Å². The Labute approximate surface area is 332 Å². The van der Waals surface area contributed by atoms with Gasteiger partial charge in [0.05, 0.1) is 19.3 Å². The molecule has 1 rings (SSSR count). The number of aliphatic hydroxyl groups excluding tert-OH is 1.